The summed E-state index contributed by atoms with van der Waals surface area (Å²) in [6.07, 6.45) is 7.10. The van der Waals surface area contributed by atoms with Crippen molar-refractivity contribution in [2.45, 2.75) is 92.0 Å². The van der Waals surface area contributed by atoms with Crippen LogP contribution in [0.1, 0.15) is 86.0 Å². The summed E-state index contributed by atoms with van der Waals surface area (Å²) in [7, 11) is 0. The van der Waals surface area contributed by atoms with Crippen LogP contribution in [0.15, 0.2) is 0 Å². The Bertz CT molecular complexity index is 456. The van der Waals surface area contributed by atoms with E-state index in [2.05, 4.69) is 31.4 Å². The van der Waals surface area contributed by atoms with Crippen LogP contribution >= 0.6 is 0 Å². The van der Waals surface area contributed by atoms with E-state index in [-0.39, 0.29) is 36.7 Å². The first kappa shape index (κ1) is 26.4. The molecule has 7 nitrogen and oxygen atoms in total. The van der Waals surface area contributed by atoms with Crippen LogP contribution in [0, 0.1) is 17.8 Å². The van der Waals surface area contributed by atoms with Gasteiger partial charge in [-0.2, -0.15) is 0 Å². The lowest BCUT2D eigenvalue weighted by Crippen LogP contribution is -2.44. The zero-order valence-corrected chi connectivity index (χ0v) is 18.3. The van der Waals surface area contributed by atoms with Gasteiger partial charge in [-0.1, -0.05) is 60.3 Å². The second-order valence-corrected chi connectivity index (χ2v) is 8.77. The average molecular weight is 400 g/mol. The number of hydrogen-bond donors (Lipinski definition) is 4. The van der Waals surface area contributed by atoms with Gasteiger partial charge in [0.05, 0.1) is 6.54 Å². The normalized spacial score (nSPS) is 15.9. The molecule has 0 aromatic carbocycles. The molecule has 1 aliphatic carbocycles. The number of rotatable bonds is 8. The zero-order chi connectivity index (χ0) is 21.5. The maximum absolute atomic E-state index is 12.2. The van der Waals surface area contributed by atoms with E-state index >= 15 is 0 Å². The highest BCUT2D eigenvalue weighted by atomic mass is 16.5. The third kappa shape index (κ3) is 14.4. The molecular formula is C21H41N3O4. The van der Waals surface area contributed by atoms with Crippen LogP contribution in [0.4, 0.5) is 0 Å². The van der Waals surface area contributed by atoms with Crippen LogP contribution in [0.5, 0.6) is 0 Å². The van der Waals surface area contributed by atoms with Crippen molar-refractivity contribution >= 4 is 17.7 Å². The summed E-state index contributed by atoms with van der Waals surface area (Å²) in [5.41, 5.74) is 1.55. The maximum atomic E-state index is 12.2. The largest absolute Gasteiger partial charge is 0.352 e. The summed E-state index contributed by atoms with van der Waals surface area (Å²) in [6, 6.07) is 0.198. The first-order chi connectivity index (χ1) is 13.1. The predicted octanol–water partition coefficient (Wildman–Crippen LogP) is 3.16. The van der Waals surface area contributed by atoms with E-state index in [1.54, 1.807) is 5.48 Å². The molecule has 0 unspecified atom stereocenters. The monoisotopic (exact) mass is 399 g/mol. The molecule has 164 valence electrons. The molecule has 0 aromatic heterocycles. The van der Waals surface area contributed by atoms with Crippen LogP contribution in [-0.2, 0) is 14.4 Å². The van der Waals surface area contributed by atoms with E-state index in [0.717, 1.165) is 31.6 Å². The molecule has 0 aliphatic heterocycles. The SMILES string of the molecule is CC(C)C.CC(C)C[C@H](CC(=O)NO)C(=O)NCC(=O)NC1CCCCCC1. The second-order valence-electron chi connectivity index (χ2n) is 8.77. The quantitative estimate of drug-likeness (QED) is 0.286. The standard InChI is InChI=1S/C17H31N3O4.C4H10/c1-12(2)9-13(10-15(21)20-24)17(23)18-11-16(22)19-14-7-5-3-4-6-8-14;1-4(2)3/h12-14,24H,3-11H2,1-2H3,(H,18,23)(H,19,22)(H,20,21);4H,1-3H3/t13-;/m1./s1. The van der Waals surface area contributed by atoms with Crippen LogP contribution in [0.2, 0.25) is 0 Å². The van der Waals surface area contributed by atoms with Crippen molar-refractivity contribution < 1.29 is 19.6 Å². The summed E-state index contributed by atoms with van der Waals surface area (Å²) < 4.78 is 0. The molecule has 0 aromatic rings. The molecule has 0 radical (unpaired) electrons. The second kappa shape index (κ2) is 15.3. The molecule has 4 N–H and O–H groups in total. The molecule has 1 saturated carbocycles. The predicted molar refractivity (Wildman–Crippen MR) is 111 cm³/mol. The van der Waals surface area contributed by atoms with E-state index in [0.29, 0.717) is 6.42 Å². The molecule has 7 heteroatoms. The minimum absolute atomic E-state index is 0.0787. The average Bonchev–Trinajstić information content (AvgIpc) is 2.86. The highest BCUT2D eigenvalue weighted by molar-refractivity contribution is 5.88. The van der Waals surface area contributed by atoms with Crippen LogP contribution < -0.4 is 16.1 Å². The fourth-order valence-electron chi connectivity index (χ4n) is 3.14. The smallest absolute Gasteiger partial charge is 0.244 e. The molecule has 0 heterocycles. The molecule has 1 fully saturated rings. The summed E-state index contributed by atoms with van der Waals surface area (Å²) >= 11 is 0. The van der Waals surface area contributed by atoms with E-state index in [9.17, 15) is 14.4 Å². The van der Waals surface area contributed by atoms with Gasteiger partial charge in [-0.15, -0.1) is 0 Å². The number of amides is 3. The van der Waals surface area contributed by atoms with E-state index in [1.807, 2.05) is 13.8 Å². The van der Waals surface area contributed by atoms with Gasteiger partial charge in [0.25, 0.3) is 0 Å². The van der Waals surface area contributed by atoms with Crippen LogP contribution in [0.25, 0.3) is 0 Å². The fourth-order valence-corrected chi connectivity index (χ4v) is 3.14. The van der Waals surface area contributed by atoms with Crippen LogP contribution in [0.3, 0.4) is 0 Å². The first-order valence-corrected chi connectivity index (χ1v) is 10.7. The van der Waals surface area contributed by atoms with Gasteiger partial charge in [0, 0.05) is 18.4 Å². The topological polar surface area (TPSA) is 108 Å². The molecule has 1 atom stereocenters. The minimum atomic E-state index is -0.598. The van der Waals surface area contributed by atoms with Crippen molar-refractivity contribution in [3.63, 3.8) is 0 Å². The van der Waals surface area contributed by atoms with Gasteiger partial charge < -0.3 is 10.6 Å². The molecule has 1 aliphatic rings. The molecule has 0 bridgehead atoms. The van der Waals surface area contributed by atoms with E-state index < -0.39 is 11.8 Å². The number of nitrogens with one attached hydrogen (secondary N) is 3. The molecule has 0 saturated heterocycles. The summed E-state index contributed by atoms with van der Waals surface area (Å²) in [6.45, 7) is 10.3. The maximum Gasteiger partial charge on any atom is 0.244 e. The van der Waals surface area contributed by atoms with Gasteiger partial charge in [-0.25, -0.2) is 5.48 Å². The van der Waals surface area contributed by atoms with Crippen molar-refractivity contribution in [1.82, 2.24) is 16.1 Å². The number of carbonyl (C=O) groups is 3. The Balaban J connectivity index is 0.00000165. The first-order valence-electron chi connectivity index (χ1n) is 10.7. The Labute approximate surface area is 170 Å². The molecule has 3 amide bonds. The van der Waals surface area contributed by atoms with E-state index in [1.165, 1.54) is 12.8 Å². The molecule has 1 rings (SSSR count). The van der Waals surface area contributed by atoms with Crippen molar-refractivity contribution in [3.8, 4) is 0 Å². The Morgan fingerprint density at radius 1 is 0.929 bits per heavy atom. The molecule has 0 spiro atoms. The van der Waals surface area contributed by atoms with E-state index in [4.69, 9.17) is 5.21 Å². The summed E-state index contributed by atoms with van der Waals surface area (Å²) in [4.78, 5) is 35.6. The number of hydrogen-bond acceptors (Lipinski definition) is 4. The van der Waals surface area contributed by atoms with Crippen molar-refractivity contribution in [3.05, 3.63) is 0 Å². The molecule has 28 heavy (non-hydrogen) atoms. The Morgan fingerprint density at radius 3 is 1.93 bits per heavy atom. The Kier molecular flexibility index (Phi) is 14.4. The number of hydroxylamine groups is 1. The summed E-state index contributed by atoms with van der Waals surface area (Å²) in [5, 5.41) is 14.2. The van der Waals surface area contributed by atoms with Gasteiger partial charge in [0.2, 0.25) is 17.7 Å². The third-order valence-electron chi connectivity index (χ3n) is 4.33. The Morgan fingerprint density at radius 2 is 1.46 bits per heavy atom. The van der Waals surface area contributed by atoms with Gasteiger partial charge in [0.1, 0.15) is 0 Å². The van der Waals surface area contributed by atoms with Crippen molar-refractivity contribution in [2.24, 2.45) is 17.8 Å². The third-order valence-corrected chi connectivity index (χ3v) is 4.33. The van der Waals surface area contributed by atoms with Gasteiger partial charge in [-0.05, 0) is 31.1 Å². The lowest BCUT2D eigenvalue weighted by Gasteiger charge is -2.19. The summed E-state index contributed by atoms with van der Waals surface area (Å²) in [5.74, 6) is -0.609. The lowest BCUT2D eigenvalue weighted by molar-refractivity contribution is -0.135. The highest BCUT2D eigenvalue weighted by Crippen LogP contribution is 2.17. The Hall–Kier alpha value is -1.63. The highest BCUT2D eigenvalue weighted by Gasteiger charge is 2.23. The fraction of sp³-hybridized carbons (Fsp3) is 0.857. The zero-order valence-electron chi connectivity index (χ0n) is 18.3. The lowest BCUT2D eigenvalue weighted by atomic mass is 9.93. The van der Waals surface area contributed by atoms with Gasteiger partial charge >= 0.3 is 0 Å². The van der Waals surface area contributed by atoms with Gasteiger partial charge in [-0.3, -0.25) is 19.6 Å². The van der Waals surface area contributed by atoms with Crippen LogP contribution in [-0.4, -0.2) is 35.5 Å². The molecular weight excluding hydrogens is 358 g/mol. The van der Waals surface area contributed by atoms with Gasteiger partial charge in [0.15, 0.2) is 0 Å². The number of carbonyl (C=O) groups excluding carboxylic acids is 3. The minimum Gasteiger partial charge on any atom is -0.352 e. The van der Waals surface area contributed by atoms with Crippen molar-refractivity contribution in [2.75, 3.05) is 6.54 Å². The van der Waals surface area contributed by atoms with Crippen molar-refractivity contribution in [1.29, 1.82) is 0 Å².